The van der Waals surface area contributed by atoms with Gasteiger partial charge in [-0.15, -0.1) is 0 Å². The number of carbonyl (C=O) groups is 1. The second-order valence-corrected chi connectivity index (χ2v) is 2.66. The third-order valence-electron chi connectivity index (χ3n) is 1.10. The largest absolute Gasteiger partial charge is 0.479 e. The van der Waals surface area contributed by atoms with Gasteiger partial charge in [0.2, 0.25) is 6.10 Å². The number of aliphatic hydroxyl groups is 1. The van der Waals surface area contributed by atoms with Crippen LogP contribution in [0.25, 0.3) is 0 Å². The van der Waals surface area contributed by atoms with E-state index < -0.39 is 12.1 Å². The number of furan rings is 1. The molecule has 4 nitrogen and oxygen atoms in total. The number of carboxylic acids is 1. The Morgan fingerprint density at radius 3 is 2.64 bits per heavy atom. The topological polar surface area (TPSA) is 70.7 Å². The Morgan fingerprint density at radius 1 is 1.64 bits per heavy atom. The number of hydrogen-bond acceptors (Lipinski definition) is 3. The third-order valence-corrected chi connectivity index (χ3v) is 1.52. The van der Waals surface area contributed by atoms with Crippen LogP contribution in [0, 0.1) is 0 Å². The van der Waals surface area contributed by atoms with E-state index in [0.29, 0.717) is 4.67 Å². The molecule has 0 aliphatic rings. The molecule has 0 saturated heterocycles. The molecule has 0 saturated carbocycles. The second kappa shape index (κ2) is 3.06. The van der Waals surface area contributed by atoms with E-state index in [4.69, 9.17) is 14.6 Å². The lowest BCUT2D eigenvalue weighted by Crippen LogP contribution is -2.08. The van der Waals surface area contributed by atoms with E-state index in [0.717, 1.165) is 0 Å². The first kappa shape index (κ1) is 8.29. The molecule has 0 radical (unpaired) electrons. The van der Waals surface area contributed by atoms with Crippen LogP contribution < -0.4 is 0 Å². The Labute approximate surface area is 70.6 Å². The predicted octanol–water partition coefficient (Wildman–Crippen LogP) is 1.16. The molecule has 1 unspecified atom stereocenters. The Hall–Kier alpha value is -0.810. The van der Waals surface area contributed by atoms with Gasteiger partial charge < -0.3 is 14.6 Å². The minimum atomic E-state index is -1.58. The first-order valence-corrected chi connectivity index (χ1v) is 3.56. The maximum Gasteiger partial charge on any atom is 0.340 e. The van der Waals surface area contributed by atoms with E-state index in [1.165, 1.54) is 12.1 Å². The maximum atomic E-state index is 10.2. The van der Waals surface area contributed by atoms with Gasteiger partial charge in [0.05, 0.1) is 0 Å². The number of aliphatic carboxylic acids is 1. The first-order chi connectivity index (χ1) is 5.11. The molecule has 5 heteroatoms. The summed E-state index contributed by atoms with van der Waals surface area (Å²) in [6.45, 7) is 0. The van der Waals surface area contributed by atoms with Gasteiger partial charge in [0, 0.05) is 0 Å². The number of hydrogen-bond donors (Lipinski definition) is 2. The van der Waals surface area contributed by atoms with Gasteiger partial charge in [0.25, 0.3) is 0 Å². The molecule has 1 atom stereocenters. The number of rotatable bonds is 2. The molecule has 1 rings (SSSR count). The Kier molecular flexibility index (Phi) is 2.31. The molecular weight excluding hydrogens is 216 g/mol. The quantitative estimate of drug-likeness (QED) is 0.785. The number of aliphatic hydroxyl groups excluding tert-OH is 1. The summed E-state index contributed by atoms with van der Waals surface area (Å²) in [6.07, 6.45) is -1.58. The summed E-state index contributed by atoms with van der Waals surface area (Å²) < 4.78 is 5.19. The normalized spacial score (nSPS) is 12.9. The Bertz CT molecular complexity index is 267. The number of halogens is 1. The van der Waals surface area contributed by atoms with Gasteiger partial charge in [0.15, 0.2) is 4.67 Å². The average Bonchev–Trinajstić information content (AvgIpc) is 2.34. The zero-order valence-electron chi connectivity index (χ0n) is 5.32. The fourth-order valence-electron chi connectivity index (χ4n) is 0.597. The van der Waals surface area contributed by atoms with Gasteiger partial charge in [0.1, 0.15) is 5.76 Å². The van der Waals surface area contributed by atoms with Crippen LogP contribution in [0.2, 0.25) is 0 Å². The lowest BCUT2D eigenvalue weighted by Gasteiger charge is -1.98. The highest BCUT2D eigenvalue weighted by Gasteiger charge is 2.19. The Morgan fingerprint density at radius 2 is 2.27 bits per heavy atom. The lowest BCUT2D eigenvalue weighted by molar-refractivity contribution is -0.147. The van der Waals surface area contributed by atoms with Gasteiger partial charge in [-0.1, -0.05) is 0 Å². The van der Waals surface area contributed by atoms with E-state index in [1.54, 1.807) is 0 Å². The van der Waals surface area contributed by atoms with Crippen LogP contribution in [0.5, 0.6) is 0 Å². The molecule has 1 aromatic heterocycles. The molecule has 1 aromatic rings. The van der Waals surface area contributed by atoms with Gasteiger partial charge in [-0.3, -0.25) is 0 Å². The van der Waals surface area contributed by atoms with Crippen molar-refractivity contribution in [2.75, 3.05) is 0 Å². The molecule has 11 heavy (non-hydrogen) atoms. The van der Waals surface area contributed by atoms with Gasteiger partial charge >= 0.3 is 5.97 Å². The minimum absolute atomic E-state index is 0.0179. The van der Waals surface area contributed by atoms with E-state index in [9.17, 15) is 4.79 Å². The van der Waals surface area contributed by atoms with E-state index in [1.807, 2.05) is 0 Å². The summed E-state index contributed by atoms with van der Waals surface area (Å²) >= 11 is 2.98. The molecule has 1 heterocycles. The van der Waals surface area contributed by atoms with Crippen LogP contribution in [0.3, 0.4) is 0 Å². The average molecular weight is 221 g/mol. The fourth-order valence-corrected chi connectivity index (χ4v) is 0.916. The van der Waals surface area contributed by atoms with E-state index in [2.05, 4.69) is 15.9 Å². The zero-order valence-corrected chi connectivity index (χ0v) is 6.91. The molecule has 0 bridgehead atoms. The van der Waals surface area contributed by atoms with Crippen LogP contribution in [-0.4, -0.2) is 16.2 Å². The van der Waals surface area contributed by atoms with Crippen molar-refractivity contribution in [3.05, 3.63) is 22.6 Å². The van der Waals surface area contributed by atoms with Crippen molar-refractivity contribution >= 4 is 21.9 Å². The summed E-state index contributed by atoms with van der Waals surface area (Å²) in [5, 5.41) is 17.2. The fraction of sp³-hybridized carbons (Fsp3) is 0.167. The molecule has 0 amide bonds. The van der Waals surface area contributed by atoms with Gasteiger partial charge in [-0.25, -0.2) is 4.79 Å². The van der Waals surface area contributed by atoms with Crippen LogP contribution in [0.15, 0.2) is 21.2 Å². The zero-order chi connectivity index (χ0) is 8.43. The summed E-state index contributed by atoms with van der Waals surface area (Å²) in [6, 6.07) is 2.91. The molecule has 2 N–H and O–H groups in total. The van der Waals surface area contributed by atoms with Crippen molar-refractivity contribution in [1.29, 1.82) is 0 Å². The summed E-state index contributed by atoms with van der Waals surface area (Å²) in [7, 11) is 0. The lowest BCUT2D eigenvalue weighted by atomic mass is 10.3. The predicted molar refractivity (Wildman–Crippen MR) is 39.0 cm³/mol. The van der Waals surface area contributed by atoms with Crippen LogP contribution in [-0.2, 0) is 4.79 Å². The molecular formula is C6H5BrO4. The molecule has 0 fully saturated rings. The molecule has 0 aliphatic heterocycles. The molecule has 0 spiro atoms. The standard InChI is InChI=1S/C6H5BrO4/c7-4-2-1-3(11-4)5(8)6(9)10/h1-2,5,8H,(H,9,10). The van der Waals surface area contributed by atoms with Crippen LogP contribution in [0.4, 0.5) is 0 Å². The molecule has 60 valence electrons. The maximum absolute atomic E-state index is 10.2. The smallest absolute Gasteiger partial charge is 0.340 e. The van der Waals surface area contributed by atoms with Crippen molar-refractivity contribution in [3.63, 3.8) is 0 Å². The van der Waals surface area contributed by atoms with Crippen molar-refractivity contribution in [2.24, 2.45) is 0 Å². The van der Waals surface area contributed by atoms with Crippen molar-refractivity contribution in [3.8, 4) is 0 Å². The third kappa shape index (κ3) is 1.81. The van der Waals surface area contributed by atoms with Crippen molar-refractivity contribution in [2.45, 2.75) is 6.10 Å². The highest BCUT2D eigenvalue weighted by Crippen LogP contribution is 2.20. The summed E-state index contributed by atoms with van der Waals surface area (Å²) in [5.41, 5.74) is 0. The van der Waals surface area contributed by atoms with Gasteiger partial charge in [-0.05, 0) is 28.1 Å². The van der Waals surface area contributed by atoms with Crippen LogP contribution >= 0.6 is 15.9 Å². The summed E-state index contributed by atoms with van der Waals surface area (Å²) in [4.78, 5) is 10.2. The molecule has 0 aliphatic carbocycles. The highest BCUT2D eigenvalue weighted by atomic mass is 79.9. The monoisotopic (exact) mass is 220 g/mol. The summed E-state index contributed by atoms with van der Waals surface area (Å²) in [5.74, 6) is -1.31. The van der Waals surface area contributed by atoms with Crippen LogP contribution in [0.1, 0.15) is 11.9 Å². The second-order valence-electron chi connectivity index (χ2n) is 1.88. The SMILES string of the molecule is O=C(O)C(O)c1ccc(Br)o1. The van der Waals surface area contributed by atoms with E-state index >= 15 is 0 Å². The van der Waals surface area contributed by atoms with Gasteiger partial charge in [-0.2, -0.15) is 0 Å². The Balaban J connectivity index is 2.84. The molecule has 0 aromatic carbocycles. The minimum Gasteiger partial charge on any atom is -0.479 e. The number of carboxylic acid groups (broad SMARTS) is 1. The highest BCUT2D eigenvalue weighted by molar-refractivity contribution is 9.10. The van der Waals surface area contributed by atoms with E-state index in [-0.39, 0.29) is 5.76 Å². The first-order valence-electron chi connectivity index (χ1n) is 2.77. The van der Waals surface area contributed by atoms with Crippen molar-refractivity contribution in [1.82, 2.24) is 0 Å². The van der Waals surface area contributed by atoms with Crippen molar-refractivity contribution < 1.29 is 19.4 Å².